The van der Waals surface area contributed by atoms with Gasteiger partial charge in [-0.2, -0.15) is 0 Å². The Labute approximate surface area is 106 Å². The molecule has 0 spiro atoms. The van der Waals surface area contributed by atoms with Gasteiger partial charge in [-0.05, 0) is 53.9 Å². The molecule has 2 rings (SSSR count). The Kier molecular flexibility index (Phi) is 4.24. The van der Waals surface area contributed by atoms with Gasteiger partial charge in [0.25, 0.3) is 0 Å². The number of benzene rings is 1. The first-order valence-electron chi connectivity index (χ1n) is 6.00. The lowest BCUT2D eigenvalue weighted by atomic mass is 10.1. The first-order chi connectivity index (χ1) is 7.77. The van der Waals surface area contributed by atoms with Crippen LogP contribution in [-0.4, -0.2) is 19.1 Å². The third-order valence-electron chi connectivity index (χ3n) is 3.14. The quantitative estimate of drug-likeness (QED) is 0.889. The summed E-state index contributed by atoms with van der Waals surface area (Å²) in [5, 5.41) is 7.06. The number of aryl methyl sites for hydroxylation is 1. The smallest absolute Gasteiger partial charge is 0.0487 e. The van der Waals surface area contributed by atoms with Crippen LogP contribution in [0.15, 0.2) is 22.7 Å². The van der Waals surface area contributed by atoms with E-state index in [2.05, 4.69) is 51.7 Å². The second kappa shape index (κ2) is 5.69. The predicted octanol–water partition coefficient (Wildman–Crippen LogP) is 3.31. The summed E-state index contributed by atoms with van der Waals surface area (Å²) in [6.07, 6.45) is 3.97. The van der Waals surface area contributed by atoms with Crippen molar-refractivity contribution < 1.29 is 0 Å². The van der Waals surface area contributed by atoms with Crippen molar-refractivity contribution in [1.29, 1.82) is 0 Å². The van der Waals surface area contributed by atoms with Crippen LogP contribution in [0.2, 0.25) is 0 Å². The molecule has 0 saturated carbocycles. The molecule has 1 aliphatic rings. The molecule has 0 bridgehead atoms. The third kappa shape index (κ3) is 2.98. The highest BCUT2D eigenvalue weighted by Gasteiger charge is 2.12. The fourth-order valence-electron chi connectivity index (χ4n) is 2.12. The van der Waals surface area contributed by atoms with Gasteiger partial charge >= 0.3 is 0 Å². The van der Waals surface area contributed by atoms with Crippen molar-refractivity contribution >= 4 is 21.6 Å². The van der Waals surface area contributed by atoms with Gasteiger partial charge in [0.1, 0.15) is 0 Å². The molecule has 1 aliphatic heterocycles. The van der Waals surface area contributed by atoms with Crippen LogP contribution in [0.5, 0.6) is 0 Å². The zero-order chi connectivity index (χ0) is 11.4. The summed E-state index contributed by atoms with van der Waals surface area (Å²) < 4.78 is 1.19. The summed E-state index contributed by atoms with van der Waals surface area (Å²) in [6.45, 7) is 4.30. The van der Waals surface area contributed by atoms with Crippen molar-refractivity contribution in [1.82, 2.24) is 5.32 Å². The number of halogens is 1. The standard InChI is InChI=1S/C13H19BrN2/c1-10-5-4-7-12(13(10)14)16-9-11-6-2-3-8-15-11/h4-5,7,11,15-16H,2-3,6,8-9H2,1H3. The van der Waals surface area contributed by atoms with E-state index >= 15 is 0 Å². The molecule has 1 aromatic rings. The van der Waals surface area contributed by atoms with Gasteiger partial charge in [-0.15, -0.1) is 0 Å². The largest absolute Gasteiger partial charge is 0.383 e. The van der Waals surface area contributed by atoms with E-state index in [0.717, 1.165) is 6.54 Å². The Morgan fingerprint density at radius 2 is 2.31 bits per heavy atom. The molecule has 0 radical (unpaired) electrons. The molecule has 1 heterocycles. The molecule has 1 aromatic carbocycles. The molecule has 2 nitrogen and oxygen atoms in total. The summed E-state index contributed by atoms with van der Waals surface area (Å²) in [6, 6.07) is 6.96. The number of rotatable bonds is 3. The summed E-state index contributed by atoms with van der Waals surface area (Å²) in [4.78, 5) is 0. The van der Waals surface area contributed by atoms with Crippen molar-refractivity contribution in [3.05, 3.63) is 28.2 Å². The molecule has 0 aromatic heterocycles. The van der Waals surface area contributed by atoms with E-state index in [-0.39, 0.29) is 0 Å². The average molecular weight is 283 g/mol. The van der Waals surface area contributed by atoms with Gasteiger partial charge in [0, 0.05) is 22.7 Å². The highest BCUT2D eigenvalue weighted by molar-refractivity contribution is 9.10. The van der Waals surface area contributed by atoms with Gasteiger partial charge in [-0.25, -0.2) is 0 Å². The van der Waals surface area contributed by atoms with Crippen LogP contribution in [0, 0.1) is 6.92 Å². The molecule has 1 unspecified atom stereocenters. The molecule has 1 fully saturated rings. The lowest BCUT2D eigenvalue weighted by molar-refractivity contribution is 0.414. The third-order valence-corrected chi connectivity index (χ3v) is 4.20. The van der Waals surface area contributed by atoms with E-state index in [9.17, 15) is 0 Å². The van der Waals surface area contributed by atoms with Crippen LogP contribution in [0.4, 0.5) is 5.69 Å². The summed E-state index contributed by atoms with van der Waals surface area (Å²) in [5.41, 5.74) is 2.48. The molecule has 3 heteroatoms. The molecule has 1 saturated heterocycles. The second-order valence-electron chi connectivity index (χ2n) is 4.46. The Hall–Kier alpha value is -0.540. The van der Waals surface area contributed by atoms with Crippen molar-refractivity contribution in [3.63, 3.8) is 0 Å². The van der Waals surface area contributed by atoms with E-state index in [1.165, 1.54) is 41.5 Å². The first kappa shape index (κ1) is 11.9. The van der Waals surface area contributed by atoms with Gasteiger partial charge in [0.05, 0.1) is 0 Å². The minimum Gasteiger partial charge on any atom is -0.383 e. The molecule has 1 atom stereocenters. The Balaban J connectivity index is 1.91. The van der Waals surface area contributed by atoms with Gasteiger partial charge in [0.2, 0.25) is 0 Å². The van der Waals surface area contributed by atoms with Crippen molar-refractivity contribution in [2.75, 3.05) is 18.4 Å². The summed E-state index contributed by atoms with van der Waals surface area (Å²) in [5.74, 6) is 0. The number of hydrogen-bond donors (Lipinski definition) is 2. The Bertz CT molecular complexity index is 346. The molecule has 88 valence electrons. The Morgan fingerprint density at radius 3 is 3.06 bits per heavy atom. The molecule has 0 aliphatic carbocycles. The second-order valence-corrected chi connectivity index (χ2v) is 5.26. The maximum atomic E-state index is 3.62. The van der Waals surface area contributed by atoms with Crippen LogP contribution < -0.4 is 10.6 Å². The van der Waals surface area contributed by atoms with Crippen LogP contribution in [0.1, 0.15) is 24.8 Å². The normalized spacial score (nSPS) is 20.8. The predicted molar refractivity (Wildman–Crippen MR) is 73.0 cm³/mol. The van der Waals surface area contributed by atoms with Crippen molar-refractivity contribution in [2.24, 2.45) is 0 Å². The van der Waals surface area contributed by atoms with Gasteiger partial charge < -0.3 is 10.6 Å². The topological polar surface area (TPSA) is 24.1 Å². The van der Waals surface area contributed by atoms with Gasteiger partial charge in [0.15, 0.2) is 0 Å². The number of piperidine rings is 1. The Morgan fingerprint density at radius 1 is 1.44 bits per heavy atom. The number of hydrogen-bond acceptors (Lipinski definition) is 2. The average Bonchev–Trinajstić information content (AvgIpc) is 2.32. The highest BCUT2D eigenvalue weighted by atomic mass is 79.9. The van der Waals surface area contributed by atoms with E-state index in [1.54, 1.807) is 0 Å². The highest BCUT2D eigenvalue weighted by Crippen LogP contribution is 2.25. The van der Waals surface area contributed by atoms with E-state index in [4.69, 9.17) is 0 Å². The van der Waals surface area contributed by atoms with Crippen molar-refractivity contribution in [3.8, 4) is 0 Å². The lowest BCUT2D eigenvalue weighted by Gasteiger charge is -2.24. The summed E-state index contributed by atoms with van der Waals surface area (Å²) >= 11 is 3.62. The zero-order valence-corrected chi connectivity index (χ0v) is 11.3. The minimum absolute atomic E-state index is 0.626. The SMILES string of the molecule is Cc1cccc(NCC2CCCCN2)c1Br. The number of anilines is 1. The molecular formula is C13H19BrN2. The monoisotopic (exact) mass is 282 g/mol. The van der Waals surface area contributed by atoms with Crippen molar-refractivity contribution in [2.45, 2.75) is 32.2 Å². The van der Waals surface area contributed by atoms with Gasteiger partial charge in [-0.3, -0.25) is 0 Å². The molecule has 2 N–H and O–H groups in total. The fraction of sp³-hybridized carbons (Fsp3) is 0.538. The van der Waals surface area contributed by atoms with E-state index < -0.39 is 0 Å². The molecule has 0 amide bonds. The lowest BCUT2D eigenvalue weighted by Crippen LogP contribution is -2.39. The van der Waals surface area contributed by atoms with Crippen LogP contribution in [-0.2, 0) is 0 Å². The number of nitrogens with one attached hydrogen (secondary N) is 2. The van der Waals surface area contributed by atoms with E-state index in [1.807, 2.05) is 0 Å². The fourth-order valence-corrected chi connectivity index (χ4v) is 2.52. The minimum atomic E-state index is 0.626. The van der Waals surface area contributed by atoms with Crippen LogP contribution in [0.3, 0.4) is 0 Å². The first-order valence-corrected chi connectivity index (χ1v) is 6.79. The van der Waals surface area contributed by atoms with Crippen LogP contribution >= 0.6 is 15.9 Å². The maximum absolute atomic E-state index is 3.62. The van der Waals surface area contributed by atoms with Gasteiger partial charge in [-0.1, -0.05) is 18.6 Å². The van der Waals surface area contributed by atoms with Crippen LogP contribution in [0.25, 0.3) is 0 Å². The van der Waals surface area contributed by atoms with E-state index in [0.29, 0.717) is 6.04 Å². The maximum Gasteiger partial charge on any atom is 0.0487 e. The summed E-state index contributed by atoms with van der Waals surface area (Å²) in [7, 11) is 0. The molecular weight excluding hydrogens is 264 g/mol. The molecule has 16 heavy (non-hydrogen) atoms. The zero-order valence-electron chi connectivity index (χ0n) is 9.72.